The zero-order chi connectivity index (χ0) is 19.4. The number of anilines is 2. The summed E-state index contributed by atoms with van der Waals surface area (Å²) in [6.45, 7) is 4.30. The number of nitrogens with one attached hydrogen (secondary N) is 1. The van der Waals surface area contributed by atoms with Gasteiger partial charge in [-0.25, -0.2) is 8.42 Å². The molecule has 1 saturated heterocycles. The first-order valence-corrected chi connectivity index (χ1v) is 10.1. The van der Waals surface area contributed by atoms with E-state index in [0.717, 1.165) is 12.2 Å². The molecule has 1 N–H and O–H groups in total. The van der Waals surface area contributed by atoms with E-state index >= 15 is 0 Å². The largest absolute Gasteiger partial charge is 0.493 e. The van der Waals surface area contributed by atoms with Crippen LogP contribution in [0, 0.1) is 0 Å². The maximum atomic E-state index is 12.7. The summed E-state index contributed by atoms with van der Waals surface area (Å²) in [7, 11) is -0.772. The summed E-state index contributed by atoms with van der Waals surface area (Å²) in [5.41, 5.74) is 1.54. The van der Waals surface area contributed by atoms with Gasteiger partial charge in [0.1, 0.15) is 0 Å². The fraction of sp³-hybridized carbons (Fsp3) is 0.368. The molecule has 0 spiro atoms. The van der Waals surface area contributed by atoms with Gasteiger partial charge in [0, 0.05) is 30.0 Å². The van der Waals surface area contributed by atoms with Crippen LogP contribution >= 0.6 is 0 Å². The highest BCUT2D eigenvalue weighted by atomic mass is 32.2. The van der Waals surface area contributed by atoms with Crippen molar-refractivity contribution in [3.05, 3.63) is 42.5 Å². The number of hydrogen-bond acceptors (Lipinski definition) is 6. The highest BCUT2D eigenvalue weighted by Gasteiger charge is 2.20. The van der Waals surface area contributed by atoms with Gasteiger partial charge in [-0.15, -0.1) is 0 Å². The third-order valence-corrected chi connectivity index (χ3v) is 5.86. The van der Waals surface area contributed by atoms with E-state index in [9.17, 15) is 8.42 Å². The Bertz CT molecular complexity index is 883. The molecule has 27 heavy (non-hydrogen) atoms. The van der Waals surface area contributed by atoms with Gasteiger partial charge in [0.25, 0.3) is 10.0 Å². The van der Waals surface area contributed by atoms with Gasteiger partial charge in [-0.05, 0) is 43.3 Å². The molecule has 1 atom stereocenters. The van der Waals surface area contributed by atoms with Gasteiger partial charge >= 0.3 is 0 Å². The van der Waals surface area contributed by atoms with Gasteiger partial charge in [-0.3, -0.25) is 4.72 Å². The minimum Gasteiger partial charge on any atom is -0.493 e. The fourth-order valence-corrected chi connectivity index (χ4v) is 4.10. The van der Waals surface area contributed by atoms with Crippen molar-refractivity contribution >= 4 is 21.4 Å². The summed E-state index contributed by atoms with van der Waals surface area (Å²) >= 11 is 0. The molecular weight excluding hydrogens is 368 g/mol. The predicted octanol–water partition coefficient (Wildman–Crippen LogP) is 2.73. The van der Waals surface area contributed by atoms with E-state index in [1.807, 2.05) is 12.1 Å². The van der Waals surface area contributed by atoms with E-state index < -0.39 is 10.0 Å². The normalized spacial score (nSPS) is 17.4. The number of ether oxygens (including phenoxy) is 3. The SMILES string of the molecule is COc1ccc(S(=O)(=O)Nc2ccc(N3CCOCC3C)cc2)cc1OC. The monoisotopic (exact) mass is 392 g/mol. The smallest absolute Gasteiger partial charge is 0.262 e. The second-order valence-electron chi connectivity index (χ2n) is 6.29. The van der Waals surface area contributed by atoms with Crippen LogP contribution in [-0.4, -0.2) is 48.4 Å². The van der Waals surface area contributed by atoms with E-state index in [1.165, 1.54) is 26.4 Å². The molecule has 2 aromatic rings. The molecule has 0 bridgehead atoms. The summed E-state index contributed by atoms with van der Waals surface area (Å²) < 4.78 is 43.7. The van der Waals surface area contributed by atoms with E-state index in [4.69, 9.17) is 14.2 Å². The van der Waals surface area contributed by atoms with Crippen LogP contribution in [0.1, 0.15) is 6.92 Å². The second-order valence-corrected chi connectivity index (χ2v) is 7.97. The molecule has 0 amide bonds. The van der Waals surface area contributed by atoms with Crippen LogP contribution in [0.2, 0.25) is 0 Å². The molecule has 2 aromatic carbocycles. The van der Waals surface area contributed by atoms with Crippen molar-refractivity contribution in [3.8, 4) is 11.5 Å². The fourth-order valence-electron chi connectivity index (χ4n) is 3.03. The molecule has 146 valence electrons. The summed E-state index contributed by atoms with van der Waals surface area (Å²) in [5.74, 6) is 0.831. The van der Waals surface area contributed by atoms with Crippen LogP contribution in [0.15, 0.2) is 47.4 Å². The van der Waals surface area contributed by atoms with E-state index in [1.54, 1.807) is 18.2 Å². The van der Waals surface area contributed by atoms with Crippen molar-refractivity contribution in [2.24, 2.45) is 0 Å². The number of nitrogens with zero attached hydrogens (tertiary/aromatic N) is 1. The Labute approximate surface area is 159 Å². The van der Waals surface area contributed by atoms with Crippen LogP contribution in [-0.2, 0) is 14.8 Å². The van der Waals surface area contributed by atoms with E-state index in [2.05, 4.69) is 16.5 Å². The Kier molecular flexibility index (Phi) is 5.76. The Morgan fingerprint density at radius 3 is 2.41 bits per heavy atom. The number of sulfonamides is 1. The first kappa shape index (κ1) is 19.3. The molecular formula is C19H24N2O5S. The lowest BCUT2D eigenvalue weighted by Gasteiger charge is -2.35. The van der Waals surface area contributed by atoms with Crippen LogP contribution in [0.4, 0.5) is 11.4 Å². The maximum absolute atomic E-state index is 12.7. The molecule has 1 heterocycles. The predicted molar refractivity (Wildman–Crippen MR) is 104 cm³/mol. The molecule has 0 radical (unpaired) electrons. The zero-order valence-corrected chi connectivity index (χ0v) is 16.5. The third kappa shape index (κ3) is 4.28. The summed E-state index contributed by atoms with van der Waals surface area (Å²) in [4.78, 5) is 2.35. The minimum absolute atomic E-state index is 0.103. The van der Waals surface area contributed by atoms with Gasteiger partial charge < -0.3 is 19.1 Å². The second kappa shape index (κ2) is 8.06. The zero-order valence-electron chi connectivity index (χ0n) is 15.6. The van der Waals surface area contributed by atoms with Gasteiger partial charge in [-0.2, -0.15) is 0 Å². The molecule has 0 aromatic heterocycles. The van der Waals surface area contributed by atoms with Crippen LogP contribution < -0.4 is 19.1 Å². The quantitative estimate of drug-likeness (QED) is 0.815. The molecule has 8 heteroatoms. The van der Waals surface area contributed by atoms with Crippen molar-refractivity contribution in [2.45, 2.75) is 17.9 Å². The standard InChI is InChI=1S/C19H24N2O5S/c1-14-13-26-11-10-21(14)16-6-4-15(5-7-16)20-27(22,23)17-8-9-18(24-2)19(12-17)25-3/h4-9,12,14,20H,10-11,13H2,1-3H3. The summed E-state index contributed by atoms with van der Waals surface area (Å²) in [6, 6.07) is 12.1. The lowest BCUT2D eigenvalue weighted by atomic mass is 10.2. The highest BCUT2D eigenvalue weighted by Crippen LogP contribution is 2.30. The molecule has 1 fully saturated rings. The summed E-state index contributed by atoms with van der Waals surface area (Å²) in [5, 5.41) is 0. The Hall–Kier alpha value is -2.45. The lowest BCUT2D eigenvalue weighted by molar-refractivity contribution is 0.0989. The van der Waals surface area contributed by atoms with Crippen LogP contribution in [0.25, 0.3) is 0 Å². The van der Waals surface area contributed by atoms with Crippen molar-refractivity contribution in [1.82, 2.24) is 0 Å². The number of rotatable bonds is 6. The number of benzene rings is 2. The van der Waals surface area contributed by atoms with Gasteiger partial charge in [0.2, 0.25) is 0 Å². The molecule has 3 rings (SSSR count). The Balaban J connectivity index is 1.78. The van der Waals surface area contributed by atoms with E-state index in [-0.39, 0.29) is 10.9 Å². The van der Waals surface area contributed by atoms with Gasteiger partial charge in [0.15, 0.2) is 11.5 Å². The maximum Gasteiger partial charge on any atom is 0.262 e. The topological polar surface area (TPSA) is 77.1 Å². The number of hydrogen-bond donors (Lipinski definition) is 1. The van der Waals surface area contributed by atoms with Gasteiger partial charge in [0.05, 0.1) is 32.3 Å². The first-order chi connectivity index (χ1) is 12.9. The molecule has 1 unspecified atom stereocenters. The highest BCUT2D eigenvalue weighted by molar-refractivity contribution is 7.92. The first-order valence-electron chi connectivity index (χ1n) is 8.64. The average Bonchev–Trinajstić information content (AvgIpc) is 2.68. The molecule has 0 aliphatic carbocycles. The molecule has 7 nitrogen and oxygen atoms in total. The Morgan fingerprint density at radius 2 is 1.78 bits per heavy atom. The molecule has 1 aliphatic heterocycles. The van der Waals surface area contributed by atoms with Crippen molar-refractivity contribution < 1.29 is 22.6 Å². The van der Waals surface area contributed by atoms with Crippen LogP contribution in [0.5, 0.6) is 11.5 Å². The number of morpholine rings is 1. The van der Waals surface area contributed by atoms with Crippen molar-refractivity contribution in [3.63, 3.8) is 0 Å². The Morgan fingerprint density at radius 1 is 1.07 bits per heavy atom. The third-order valence-electron chi connectivity index (χ3n) is 4.48. The van der Waals surface area contributed by atoms with Gasteiger partial charge in [-0.1, -0.05) is 0 Å². The van der Waals surface area contributed by atoms with E-state index in [0.29, 0.717) is 30.4 Å². The van der Waals surface area contributed by atoms with Crippen LogP contribution in [0.3, 0.4) is 0 Å². The number of methoxy groups -OCH3 is 2. The molecule has 1 aliphatic rings. The molecule has 0 saturated carbocycles. The average molecular weight is 392 g/mol. The lowest BCUT2D eigenvalue weighted by Crippen LogP contribution is -2.43. The van der Waals surface area contributed by atoms with Crippen molar-refractivity contribution in [1.29, 1.82) is 0 Å². The summed E-state index contributed by atoms with van der Waals surface area (Å²) in [6.07, 6.45) is 0. The van der Waals surface area contributed by atoms with Crippen molar-refractivity contribution in [2.75, 3.05) is 43.6 Å². The minimum atomic E-state index is -3.74.